The molecule has 21 heavy (non-hydrogen) atoms. The molecule has 0 N–H and O–H groups in total. The third-order valence-corrected chi connectivity index (χ3v) is 4.76. The maximum absolute atomic E-state index is 6.16. The molecule has 6 heteroatoms. The highest BCUT2D eigenvalue weighted by atomic mass is 35.5. The van der Waals surface area contributed by atoms with Crippen molar-refractivity contribution in [1.29, 1.82) is 0 Å². The zero-order valence-corrected chi connectivity index (χ0v) is 13.9. The van der Waals surface area contributed by atoms with E-state index in [9.17, 15) is 0 Å². The molecule has 0 spiro atoms. The van der Waals surface area contributed by atoms with E-state index < -0.39 is 0 Å². The molecule has 1 aromatic carbocycles. The highest BCUT2D eigenvalue weighted by Gasteiger charge is 2.19. The molecule has 3 nitrogen and oxygen atoms in total. The van der Waals surface area contributed by atoms with Gasteiger partial charge in [-0.2, -0.15) is 0 Å². The van der Waals surface area contributed by atoms with Gasteiger partial charge in [-0.3, -0.25) is 0 Å². The van der Waals surface area contributed by atoms with Crippen LogP contribution >= 0.6 is 34.8 Å². The van der Waals surface area contributed by atoms with Crippen LogP contribution in [0.5, 0.6) is 0 Å². The lowest BCUT2D eigenvalue weighted by Crippen LogP contribution is -2.25. The molecule has 2 heterocycles. The summed E-state index contributed by atoms with van der Waals surface area (Å²) in [6.07, 6.45) is 4.41. The quantitative estimate of drug-likeness (QED) is 0.750. The highest BCUT2D eigenvalue weighted by Crippen LogP contribution is 2.29. The molecule has 2 aromatic rings. The lowest BCUT2D eigenvalue weighted by atomic mass is 10.1. The molecule has 1 atom stereocenters. The number of imidazole rings is 1. The second-order valence-corrected chi connectivity index (χ2v) is 6.51. The zero-order chi connectivity index (χ0) is 14.8. The van der Waals surface area contributed by atoms with Gasteiger partial charge in [0.15, 0.2) is 0 Å². The van der Waals surface area contributed by atoms with Gasteiger partial charge in [-0.05, 0) is 31.4 Å². The predicted octanol–water partition coefficient (Wildman–Crippen LogP) is 4.69. The van der Waals surface area contributed by atoms with Crippen molar-refractivity contribution in [3.05, 3.63) is 28.0 Å². The van der Waals surface area contributed by atoms with Crippen LogP contribution < -0.4 is 0 Å². The summed E-state index contributed by atoms with van der Waals surface area (Å²) in [7, 11) is 0. The van der Waals surface area contributed by atoms with Crippen LogP contribution in [0.4, 0.5) is 0 Å². The van der Waals surface area contributed by atoms with Crippen LogP contribution in [-0.4, -0.2) is 28.1 Å². The molecule has 0 saturated carbocycles. The summed E-state index contributed by atoms with van der Waals surface area (Å²) in [6.45, 7) is 1.63. The van der Waals surface area contributed by atoms with E-state index in [-0.39, 0.29) is 6.10 Å². The fourth-order valence-corrected chi connectivity index (χ4v) is 3.29. The molecular weight excluding hydrogens is 331 g/mol. The molecule has 1 aromatic heterocycles. The first-order valence-electron chi connectivity index (χ1n) is 7.21. The Morgan fingerprint density at radius 2 is 2.05 bits per heavy atom. The van der Waals surface area contributed by atoms with Crippen LogP contribution in [0.2, 0.25) is 10.0 Å². The molecule has 0 aliphatic carbocycles. The molecular formula is C15H17Cl3N2O. The van der Waals surface area contributed by atoms with E-state index in [1.807, 2.05) is 12.1 Å². The summed E-state index contributed by atoms with van der Waals surface area (Å²) < 4.78 is 8.02. The Hall–Kier alpha value is -0.480. The third kappa shape index (κ3) is 3.31. The van der Waals surface area contributed by atoms with Crippen LogP contribution in [0.15, 0.2) is 12.1 Å². The van der Waals surface area contributed by atoms with Crippen molar-refractivity contribution in [1.82, 2.24) is 9.55 Å². The average Bonchev–Trinajstić information content (AvgIpc) is 2.79. The van der Waals surface area contributed by atoms with Gasteiger partial charge in [-0.15, -0.1) is 11.6 Å². The van der Waals surface area contributed by atoms with Gasteiger partial charge in [0.1, 0.15) is 5.82 Å². The molecule has 114 valence electrons. The summed E-state index contributed by atoms with van der Waals surface area (Å²) in [5.41, 5.74) is 1.86. The third-order valence-electron chi connectivity index (χ3n) is 3.85. The number of hydrogen-bond donors (Lipinski definition) is 0. The average molecular weight is 348 g/mol. The van der Waals surface area contributed by atoms with Crippen LogP contribution in [0.3, 0.4) is 0 Å². The fourth-order valence-electron chi connectivity index (χ4n) is 2.80. The molecule has 3 rings (SSSR count). The van der Waals surface area contributed by atoms with Gasteiger partial charge in [0, 0.05) is 18.9 Å². The van der Waals surface area contributed by atoms with Crippen molar-refractivity contribution in [2.75, 3.05) is 12.5 Å². The molecule has 1 fully saturated rings. The molecule has 1 aliphatic heterocycles. The monoisotopic (exact) mass is 346 g/mol. The Morgan fingerprint density at radius 1 is 1.24 bits per heavy atom. The van der Waals surface area contributed by atoms with Crippen molar-refractivity contribution in [3.8, 4) is 0 Å². The molecule has 0 bridgehead atoms. The number of halogens is 3. The minimum absolute atomic E-state index is 0.236. The number of benzene rings is 1. The van der Waals surface area contributed by atoms with E-state index in [2.05, 4.69) is 9.55 Å². The topological polar surface area (TPSA) is 27.1 Å². The second-order valence-electron chi connectivity index (χ2n) is 5.32. The number of alkyl halides is 1. The first kappa shape index (κ1) is 15.4. The van der Waals surface area contributed by atoms with Crippen LogP contribution in [-0.2, 0) is 17.7 Å². The van der Waals surface area contributed by atoms with Gasteiger partial charge < -0.3 is 9.30 Å². The molecule has 1 unspecified atom stereocenters. The fraction of sp³-hybridized carbons (Fsp3) is 0.533. The smallest absolute Gasteiger partial charge is 0.111 e. The van der Waals surface area contributed by atoms with E-state index in [4.69, 9.17) is 39.5 Å². The van der Waals surface area contributed by atoms with Gasteiger partial charge in [0.05, 0.1) is 33.7 Å². The number of ether oxygens (including phenoxy) is 1. The van der Waals surface area contributed by atoms with Crippen LogP contribution in [0.1, 0.15) is 25.1 Å². The molecule has 1 aliphatic rings. The number of nitrogens with zero attached hydrogens (tertiary/aromatic N) is 2. The lowest BCUT2D eigenvalue weighted by molar-refractivity contribution is 0.00621. The second kappa shape index (κ2) is 6.74. The van der Waals surface area contributed by atoms with Crippen molar-refractivity contribution in [2.45, 2.75) is 38.3 Å². The summed E-state index contributed by atoms with van der Waals surface area (Å²) in [5, 5.41) is 1.08. The predicted molar refractivity (Wildman–Crippen MR) is 87.8 cm³/mol. The van der Waals surface area contributed by atoms with Crippen LogP contribution in [0.25, 0.3) is 11.0 Å². The first-order valence-corrected chi connectivity index (χ1v) is 8.50. The van der Waals surface area contributed by atoms with E-state index in [1.165, 1.54) is 6.42 Å². The Kier molecular flexibility index (Phi) is 4.95. The number of aryl methyl sites for hydroxylation is 1. The van der Waals surface area contributed by atoms with E-state index in [0.717, 1.165) is 49.3 Å². The van der Waals surface area contributed by atoms with E-state index in [1.54, 1.807) is 0 Å². The SMILES string of the molecule is ClCCc1nc2cc(Cl)c(Cl)cc2n1CC1CCCCO1. The summed E-state index contributed by atoms with van der Waals surface area (Å²) in [4.78, 5) is 4.65. The van der Waals surface area contributed by atoms with Crippen molar-refractivity contribution >= 4 is 45.8 Å². The van der Waals surface area contributed by atoms with Gasteiger partial charge in [-0.25, -0.2) is 4.98 Å². The Bertz CT molecular complexity index is 635. The van der Waals surface area contributed by atoms with E-state index in [0.29, 0.717) is 15.9 Å². The first-order chi connectivity index (χ1) is 10.2. The maximum atomic E-state index is 6.16. The number of aromatic nitrogens is 2. The number of hydrogen-bond acceptors (Lipinski definition) is 2. The summed E-state index contributed by atoms with van der Waals surface area (Å²) in [5.74, 6) is 1.50. The maximum Gasteiger partial charge on any atom is 0.111 e. The largest absolute Gasteiger partial charge is 0.376 e. The van der Waals surface area contributed by atoms with Gasteiger partial charge in [0.25, 0.3) is 0 Å². The van der Waals surface area contributed by atoms with Crippen molar-refractivity contribution in [3.63, 3.8) is 0 Å². The lowest BCUT2D eigenvalue weighted by Gasteiger charge is -2.24. The Morgan fingerprint density at radius 3 is 2.76 bits per heavy atom. The standard InChI is InChI=1S/C15H17Cl3N2O/c16-5-4-15-19-13-7-11(17)12(18)8-14(13)20(15)9-10-3-1-2-6-21-10/h7-8,10H,1-6,9H2. The van der Waals surface area contributed by atoms with Crippen molar-refractivity contribution in [2.24, 2.45) is 0 Å². The van der Waals surface area contributed by atoms with Gasteiger partial charge in [0.2, 0.25) is 0 Å². The van der Waals surface area contributed by atoms with Crippen molar-refractivity contribution < 1.29 is 4.74 Å². The highest BCUT2D eigenvalue weighted by molar-refractivity contribution is 6.42. The van der Waals surface area contributed by atoms with E-state index >= 15 is 0 Å². The van der Waals surface area contributed by atoms with Gasteiger partial charge >= 0.3 is 0 Å². The minimum Gasteiger partial charge on any atom is -0.376 e. The zero-order valence-electron chi connectivity index (χ0n) is 11.6. The number of rotatable bonds is 4. The molecule has 0 radical (unpaired) electrons. The normalized spacial score (nSPS) is 19.3. The molecule has 0 amide bonds. The molecule has 1 saturated heterocycles. The summed E-state index contributed by atoms with van der Waals surface area (Å²) in [6, 6.07) is 3.70. The minimum atomic E-state index is 0.236. The Labute approximate surface area is 139 Å². The van der Waals surface area contributed by atoms with Crippen LogP contribution in [0, 0.1) is 0 Å². The summed E-state index contributed by atoms with van der Waals surface area (Å²) >= 11 is 18.1. The van der Waals surface area contributed by atoms with Gasteiger partial charge in [-0.1, -0.05) is 23.2 Å². The number of fused-ring (bicyclic) bond motifs is 1. The Balaban J connectivity index is 2.00.